The fraction of sp³-hybridized carbons (Fsp3) is 0.222. The van der Waals surface area contributed by atoms with E-state index in [1.807, 2.05) is 6.92 Å². The van der Waals surface area contributed by atoms with Crippen molar-refractivity contribution in [3.05, 3.63) is 69.6 Å². The van der Waals surface area contributed by atoms with E-state index < -0.39 is 5.91 Å². The molecule has 0 aliphatic heterocycles. The van der Waals surface area contributed by atoms with Gasteiger partial charge >= 0.3 is 0 Å². The van der Waals surface area contributed by atoms with Gasteiger partial charge in [-0.3, -0.25) is 9.59 Å². The second-order valence-corrected chi connectivity index (χ2v) is 5.45. The number of nitrogens with zero attached hydrogens (tertiary/aromatic N) is 1. The predicted molar refractivity (Wildman–Crippen MR) is 88.5 cm³/mol. The minimum Gasteiger partial charge on any atom is -0.460 e. The zero-order valence-corrected chi connectivity index (χ0v) is 13.4. The van der Waals surface area contributed by atoms with E-state index in [-0.39, 0.29) is 28.9 Å². The van der Waals surface area contributed by atoms with E-state index >= 15 is 0 Å². The van der Waals surface area contributed by atoms with Crippen LogP contribution in [-0.4, -0.2) is 10.5 Å². The van der Waals surface area contributed by atoms with Crippen LogP contribution in [-0.2, 0) is 13.1 Å². The molecule has 1 N–H and O–H groups in total. The molecule has 1 aromatic carbocycles. The van der Waals surface area contributed by atoms with E-state index in [1.165, 1.54) is 10.6 Å². The maximum atomic E-state index is 13.7. The average Bonchev–Trinajstić information content (AvgIpc) is 2.91. The minimum atomic E-state index is -0.458. The maximum absolute atomic E-state index is 13.7. The SMILES string of the molecule is CCn1ccc2oc(C)c(C(=O)NCc3ccccc3F)c2c1=O. The molecule has 6 heteroatoms. The highest BCUT2D eigenvalue weighted by atomic mass is 19.1. The number of benzene rings is 1. The van der Waals surface area contributed by atoms with Gasteiger partial charge in [0.2, 0.25) is 0 Å². The highest BCUT2D eigenvalue weighted by molar-refractivity contribution is 6.06. The lowest BCUT2D eigenvalue weighted by Crippen LogP contribution is -2.26. The Morgan fingerprint density at radius 2 is 2.04 bits per heavy atom. The summed E-state index contributed by atoms with van der Waals surface area (Å²) in [6.45, 7) is 4.01. The normalized spacial score (nSPS) is 11.0. The standard InChI is InChI=1S/C18H17FN2O3/c1-3-21-9-8-14-16(18(21)23)15(11(2)24-14)17(22)20-10-12-6-4-5-7-13(12)19/h4-9H,3,10H2,1-2H3,(H,20,22). The van der Waals surface area contributed by atoms with E-state index in [0.29, 0.717) is 23.5 Å². The Bertz CT molecular complexity index is 972. The van der Waals surface area contributed by atoms with Gasteiger partial charge in [0.05, 0.1) is 10.9 Å². The lowest BCUT2D eigenvalue weighted by Gasteiger charge is -2.06. The third kappa shape index (κ3) is 2.71. The van der Waals surface area contributed by atoms with Crippen LogP contribution in [0.5, 0.6) is 0 Å². The lowest BCUT2D eigenvalue weighted by atomic mass is 10.1. The van der Waals surface area contributed by atoms with Gasteiger partial charge in [0.1, 0.15) is 17.2 Å². The van der Waals surface area contributed by atoms with Gasteiger partial charge in [0.15, 0.2) is 0 Å². The van der Waals surface area contributed by atoms with Crippen LogP contribution in [0.1, 0.15) is 28.6 Å². The first-order chi connectivity index (χ1) is 11.5. The van der Waals surface area contributed by atoms with Crippen molar-refractivity contribution in [1.82, 2.24) is 9.88 Å². The molecule has 24 heavy (non-hydrogen) atoms. The smallest absolute Gasteiger partial charge is 0.262 e. The van der Waals surface area contributed by atoms with Gasteiger partial charge in [-0.25, -0.2) is 4.39 Å². The van der Waals surface area contributed by atoms with E-state index in [1.54, 1.807) is 37.4 Å². The van der Waals surface area contributed by atoms with Crippen molar-refractivity contribution in [3.8, 4) is 0 Å². The van der Waals surface area contributed by atoms with Crippen molar-refractivity contribution in [2.45, 2.75) is 26.9 Å². The highest BCUT2D eigenvalue weighted by Crippen LogP contribution is 2.22. The number of halogens is 1. The van der Waals surface area contributed by atoms with E-state index in [9.17, 15) is 14.0 Å². The van der Waals surface area contributed by atoms with E-state index in [4.69, 9.17) is 4.42 Å². The highest BCUT2D eigenvalue weighted by Gasteiger charge is 2.21. The molecule has 3 rings (SSSR count). The molecule has 1 amide bonds. The fourth-order valence-electron chi connectivity index (χ4n) is 2.69. The Morgan fingerprint density at radius 3 is 2.75 bits per heavy atom. The average molecular weight is 328 g/mol. The Labute approximate surface area is 137 Å². The number of amides is 1. The van der Waals surface area contributed by atoms with Gasteiger partial charge in [-0.15, -0.1) is 0 Å². The summed E-state index contributed by atoms with van der Waals surface area (Å²) >= 11 is 0. The summed E-state index contributed by atoms with van der Waals surface area (Å²) in [6, 6.07) is 7.88. The summed E-state index contributed by atoms with van der Waals surface area (Å²) in [6.07, 6.45) is 1.63. The molecule has 0 unspecified atom stereocenters. The minimum absolute atomic E-state index is 0.0341. The summed E-state index contributed by atoms with van der Waals surface area (Å²) < 4.78 is 20.7. The summed E-state index contributed by atoms with van der Waals surface area (Å²) in [5.41, 5.74) is 0.678. The Balaban J connectivity index is 1.96. The zero-order chi connectivity index (χ0) is 17.3. The predicted octanol–water partition coefficient (Wildman–Crippen LogP) is 2.99. The van der Waals surface area contributed by atoms with Crippen molar-refractivity contribution in [2.75, 3.05) is 0 Å². The monoisotopic (exact) mass is 328 g/mol. The van der Waals surface area contributed by atoms with Crippen LogP contribution in [0.4, 0.5) is 4.39 Å². The number of aryl methyl sites for hydroxylation is 2. The summed E-state index contributed by atoms with van der Waals surface area (Å²) in [5, 5.41) is 2.91. The maximum Gasteiger partial charge on any atom is 0.262 e. The largest absolute Gasteiger partial charge is 0.460 e. The number of pyridine rings is 1. The molecule has 0 spiro atoms. The molecule has 2 aromatic heterocycles. The first-order valence-corrected chi connectivity index (χ1v) is 7.67. The number of hydrogen-bond acceptors (Lipinski definition) is 3. The number of hydrogen-bond donors (Lipinski definition) is 1. The third-order valence-corrected chi connectivity index (χ3v) is 3.96. The number of carbonyl (C=O) groups is 1. The van der Waals surface area contributed by atoms with Crippen LogP contribution < -0.4 is 10.9 Å². The van der Waals surface area contributed by atoms with E-state index in [0.717, 1.165) is 0 Å². The quantitative estimate of drug-likeness (QED) is 0.801. The number of furan rings is 1. The number of carbonyl (C=O) groups excluding carboxylic acids is 1. The van der Waals surface area contributed by atoms with Crippen molar-refractivity contribution in [2.24, 2.45) is 0 Å². The molecule has 3 aromatic rings. The topological polar surface area (TPSA) is 64.2 Å². The van der Waals surface area contributed by atoms with Gasteiger partial charge in [-0.05, 0) is 26.0 Å². The number of aromatic nitrogens is 1. The second-order valence-electron chi connectivity index (χ2n) is 5.45. The number of rotatable bonds is 4. The molecule has 0 atom stereocenters. The number of fused-ring (bicyclic) bond motifs is 1. The van der Waals surface area contributed by atoms with Crippen LogP contribution in [0.15, 0.2) is 45.7 Å². The molecule has 0 aliphatic rings. The fourth-order valence-corrected chi connectivity index (χ4v) is 2.69. The molecule has 124 valence electrons. The molecule has 0 aliphatic carbocycles. The lowest BCUT2D eigenvalue weighted by molar-refractivity contribution is 0.0950. The molecule has 0 saturated carbocycles. The first-order valence-electron chi connectivity index (χ1n) is 7.67. The van der Waals surface area contributed by atoms with Gasteiger partial charge in [0, 0.05) is 24.8 Å². The van der Waals surface area contributed by atoms with Gasteiger partial charge in [0.25, 0.3) is 11.5 Å². The van der Waals surface area contributed by atoms with Crippen molar-refractivity contribution < 1.29 is 13.6 Å². The van der Waals surface area contributed by atoms with Crippen LogP contribution in [0.3, 0.4) is 0 Å². The summed E-state index contributed by atoms with van der Waals surface area (Å²) in [4.78, 5) is 25.0. The van der Waals surface area contributed by atoms with Crippen LogP contribution >= 0.6 is 0 Å². The third-order valence-electron chi connectivity index (χ3n) is 3.96. The summed E-state index contributed by atoms with van der Waals surface area (Å²) in [5.74, 6) is -0.484. The number of nitrogens with one attached hydrogen (secondary N) is 1. The molecule has 0 bridgehead atoms. The Hall–Kier alpha value is -2.89. The van der Waals surface area contributed by atoms with Gasteiger partial charge in [-0.1, -0.05) is 18.2 Å². The van der Waals surface area contributed by atoms with Crippen LogP contribution in [0.2, 0.25) is 0 Å². The second kappa shape index (κ2) is 6.31. The molecule has 0 saturated heterocycles. The molecular weight excluding hydrogens is 311 g/mol. The molecular formula is C18H17FN2O3. The Kier molecular flexibility index (Phi) is 4.20. The zero-order valence-electron chi connectivity index (χ0n) is 13.4. The molecule has 0 radical (unpaired) electrons. The molecule has 2 heterocycles. The van der Waals surface area contributed by atoms with Crippen molar-refractivity contribution >= 4 is 16.9 Å². The van der Waals surface area contributed by atoms with Gasteiger partial charge in [-0.2, -0.15) is 0 Å². The first kappa shape index (κ1) is 16.0. The molecule has 5 nitrogen and oxygen atoms in total. The Morgan fingerprint density at radius 1 is 1.29 bits per heavy atom. The van der Waals surface area contributed by atoms with Crippen LogP contribution in [0.25, 0.3) is 11.0 Å². The van der Waals surface area contributed by atoms with Gasteiger partial charge < -0.3 is 14.3 Å². The van der Waals surface area contributed by atoms with E-state index in [2.05, 4.69) is 5.32 Å². The summed E-state index contributed by atoms with van der Waals surface area (Å²) in [7, 11) is 0. The van der Waals surface area contributed by atoms with Crippen molar-refractivity contribution in [3.63, 3.8) is 0 Å². The van der Waals surface area contributed by atoms with Crippen LogP contribution in [0, 0.1) is 12.7 Å². The molecule has 0 fully saturated rings. The van der Waals surface area contributed by atoms with Crippen molar-refractivity contribution in [1.29, 1.82) is 0 Å².